The summed E-state index contributed by atoms with van der Waals surface area (Å²) in [6.45, 7) is 2.34. The molecule has 0 unspecified atom stereocenters. The second-order valence-electron chi connectivity index (χ2n) is 4.34. The van der Waals surface area contributed by atoms with E-state index in [1.807, 2.05) is 30.3 Å². The summed E-state index contributed by atoms with van der Waals surface area (Å²) in [6, 6.07) is 18.4. The first-order valence-corrected chi connectivity index (χ1v) is 6.75. The van der Waals surface area contributed by atoms with Gasteiger partial charge in [-0.1, -0.05) is 42.5 Å². The van der Waals surface area contributed by atoms with Gasteiger partial charge in [-0.25, -0.2) is 0 Å². The Morgan fingerprint density at radius 1 is 0.700 bits per heavy atom. The molecule has 2 rings (SSSR count). The maximum atomic E-state index is 5.61. The summed E-state index contributed by atoms with van der Waals surface area (Å²) < 4.78 is 15.8. The number of methoxy groups -OCH3 is 1. The molecule has 0 saturated carbocycles. The van der Waals surface area contributed by atoms with Crippen LogP contribution >= 0.6 is 0 Å². The fourth-order valence-electron chi connectivity index (χ4n) is 1.84. The molecule has 0 fully saturated rings. The molecule has 2 aromatic carbocycles. The fraction of sp³-hybridized carbons (Fsp3) is 0.294. The van der Waals surface area contributed by atoms with E-state index in [4.69, 9.17) is 14.2 Å². The Labute approximate surface area is 120 Å². The zero-order chi connectivity index (χ0) is 14.0. The predicted molar refractivity (Wildman–Crippen MR) is 80.1 cm³/mol. The maximum absolute atomic E-state index is 5.61. The Bertz CT molecular complexity index is 479. The Hall–Kier alpha value is -1.84. The van der Waals surface area contributed by atoms with Crippen LogP contribution in [0.15, 0.2) is 54.6 Å². The van der Waals surface area contributed by atoms with Crippen LogP contribution in [0.2, 0.25) is 0 Å². The molecule has 0 radical (unpaired) electrons. The first-order chi connectivity index (χ1) is 9.90. The average Bonchev–Trinajstić information content (AvgIpc) is 2.52. The van der Waals surface area contributed by atoms with E-state index >= 15 is 0 Å². The third-order valence-electron chi connectivity index (χ3n) is 2.89. The maximum Gasteiger partial charge on any atom is 0.119 e. The van der Waals surface area contributed by atoms with Gasteiger partial charge in [0.1, 0.15) is 12.4 Å². The molecule has 2 aromatic rings. The third-order valence-corrected chi connectivity index (χ3v) is 2.89. The van der Waals surface area contributed by atoms with Gasteiger partial charge in [-0.3, -0.25) is 0 Å². The molecule has 0 N–H and O–H groups in total. The minimum Gasteiger partial charge on any atom is -0.491 e. The summed E-state index contributed by atoms with van der Waals surface area (Å²) in [5, 5.41) is 0. The Morgan fingerprint density at radius 2 is 1.35 bits per heavy atom. The van der Waals surface area contributed by atoms with Crippen LogP contribution in [0.3, 0.4) is 0 Å². The molecular formula is C17H20O3. The lowest BCUT2D eigenvalue weighted by molar-refractivity contribution is 0.0544. The first kappa shape index (κ1) is 14.6. The molecule has 0 bridgehead atoms. The summed E-state index contributed by atoms with van der Waals surface area (Å²) in [6.07, 6.45) is 0. The molecule has 0 saturated heterocycles. The molecule has 0 atom stereocenters. The van der Waals surface area contributed by atoms with Gasteiger partial charge in [0, 0.05) is 7.11 Å². The summed E-state index contributed by atoms with van der Waals surface area (Å²) in [5.74, 6) is 0.861. The average molecular weight is 272 g/mol. The van der Waals surface area contributed by atoms with Crippen LogP contribution in [-0.4, -0.2) is 33.5 Å². The van der Waals surface area contributed by atoms with Crippen molar-refractivity contribution >= 4 is 0 Å². The molecule has 0 aromatic heterocycles. The lowest BCUT2D eigenvalue weighted by Crippen LogP contribution is -2.09. The minimum absolute atomic E-state index is 0.550. The molecule has 0 aliphatic rings. The van der Waals surface area contributed by atoms with Crippen molar-refractivity contribution in [2.45, 2.75) is 0 Å². The van der Waals surface area contributed by atoms with Crippen LogP contribution in [0, 0.1) is 0 Å². The molecular weight excluding hydrogens is 252 g/mol. The minimum atomic E-state index is 0.550. The zero-order valence-electron chi connectivity index (χ0n) is 11.7. The zero-order valence-corrected chi connectivity index (χ0v) is 11.7. The van der Waals surface area contributed by atoms with Crippen molar-refractivity contribution < 1.29 is 14.2 Å². The van der Waals surface area contributed by atoms with Crippen LogP contribution in [0.5, 0.6) is 5.75 Å². The first-order valence-electron chi connectivity index (χ1n) is 6.75. The third kappa shape index (κ3) is 4.68. The van der Waals surface area contributed by atoms with Gasteiger partial charge in [-0.05, 0) is 23.3 Å². The van der Waals surface area contributed by atoms with Crippen molar-refractivity contribution in [3.8, 4) is 16.9 Å². The lowest BCUT2D eigenvalue weighted by atomic mass is 10.1. The van der Waals surface area contributed by atoms with Crippen molar-refractivity contribution in [2.75, 3.05) is 33.5 Å². The number of rotatable bonds is 8. The van der Waals surface area contributed by atoms with Crippen molar-refractivity contribution in [2.24, 2.45) is 0 Å². The van der Waals surface area contributed by atoms with Crippen LogP contribution in [-0.2, 0) is 9.47 Å². The summed E-state index contributed by atoms with van der Waals surface area (Å²) in [5.41, 5.74) is 2.40. The second-order valence-corrected chi connectivity index (χ2v) is 4.34. The topological polar surface area (TPSA) is 27.7 Å². The Kier molecular flexibility index (Phi) is 6.08. The van der Waals surface area contributed by atoms with E-state index in [0.717, 1.165) is 5.75 Å². The van der Waals surface area contributed by atoms with Gasteiger partial charge in [-0.2, -0.15) is 0 Å². The van der Waals surface area contributed by atoms with Crippen LogP contribution in [0.25, 0.3) is 11.1 Å². The smallest absolute Gasteiger partial charge is 0.119 e. The van der Waals surface area contributed by atoms with Crippen LogP contribution in [0.1, 0.15) is 0 Å². The molecule has 0 spiro atoms. The van der Waals surface area contributed by atoms with E-state index in [2.05, 4.69) is 24.3 Å². The largest absolute Gasteiger partial charge is 0.491 e. The molecule has 0 aliphatic heterocycles. The standard InChI is InChI=1S/C17H20O3/c1-18-11-12-19-13-14-20-17-9-7-16(8-10-17)15-5-3-2-4-6-15/h2-10H,11-14H2,1H3. The Morgan fingerprint density at radius 3 is 2.05 bits per heavy atom. The molecule has 0 aliphatic carbocycles. The number of hydrogen-bond acceptors (Lipinski definition) is 3. The number of hydrogen-bond donors (Lipinski definition) is 0. The van der Waals surface area contributed by atoms with Gasteiger partial charge < -0.3 is 14.2 Å². The van der Waals surface area contributed by atoms with E-state index < -0.39 is 0 Å². The van der Waals surface area contributed by atoms with E-state index in [-0.39, 0.29) is 0 Å². The second kappa shape index (κ2) is 8.35. The lowest BCUT2D eigenvalue weighted by Gasteiger charge is -2.08. The molecule has 0 amide bonds. The SMILES string of the molecule is COCCOCCOc1ccc(-c2ccccc2)cc1. The highest BCUT2D eigenvalue weighted by atomic mass is 16.5. The van der Waals surface area contributed by atoms with Crippen LogP contribution in [0.4, 0.5) is 0 Å². The quantitative estimate of drug-likeness (QED) is 0.689. The van der Waals surface area contributed by atoms with Gasteiger partial charge in [0.2, 0.25) is 0 Å². The summed E-state index contributed by atoms with van der Waals surface area (Å²) >= 11 is 0. The van der Waals surface area contributed by atoms with Gasteiger partial charge in [0.15, 0.2) is 0 Å². The van der Waals surface area contributed by atoms with E-state index in [1.54, 1.807) is 7.11 Å². The highest BCUT2D eigenvalue weighted by molar-refractivity contribution is 5.63. The van der Waals surface area contributed by atoms with E-state index in [1.165, 1.54) is 11.1 Å². The van der Waals surface area contributed by atoms with Gasteiger partial charge in [-0.15, -0.1) is 0 Å². The van der Waals surface area contributed by atoms with Crippen molar-refractivity contribution in [3.05, 3.63) is 54.6 Å². The highest BCUT2D eigenvalue weighted by Crippen LogP contribution is 2.21. The molecule has 3 heteroatoms. The number of ether oxygens (including phenoxy) is 3. The monoisotopic (exact) mass is 272 g/mol. The van der Waals surface area contributed by atoms with Crippen molar-refractivity contribution in [1.29, 1.82) is 0 Å². The summed E-state index contributed by atoms with van der Waals surface area (Å²) in [7, 11) is 1.66. The van der Waals surface area contributed by atoms with Gasteiger partial charge >= 0.3 is 0 Å². The van der Waals surface area contributed by atoms with Crippen LogP contribution < -0.4 is 4.74 Å². The Balaban J connectivity index is 1.77. The normalized spacial score (nSPS) is 10.4. The molecule has 20 heavy (non-hydrogen) atoms. The molecule has 0 heterocycles. The van der Waals surface area contributed by atoms with Crippen molar-refractivity contribution in [3.63, 3.8) is 0 Å². The van der Waals surface area contributed by atoms with E-state index in [0.29, 0.717) is 26.4 Å². The predicted octanol–water partition coefficient (Wildman–Crippen LogP) is 3.40. The molecule has 3 nitrogen and oxygen atoms in total. The van der Waals surface area contributed by atoms with Gasteiger partial charge in [0.25, 0.3) is 0 Å². The molecule has 106 valence electrons. The highest BCUT2D eigenvalue weighted by Gasteiger charge is 1.98. The summed E-state index contributed by atoms with van der Waals surface area (Å²) in [4.78, 5) is 0. The van der Waals surface area contributed by atoms with E-state index in [9.17, 15) is 0 Å². The van der Waals surface area contributed by atoms with Gasteiger partial charge in [0.05, 0.1) is 19.8 Å². The van der Waals surface area contributed by atoms with Crippen molar-refractivity contribution in [1.82, 2.24) is 0 Å². The fourth-order valence-corrected chi connectivity index (χ4v) is 1.84. The number of benzene rings is 2.